The van der Waals surface area contributed by atoms with Gasteiger partial charge >= 0.3 is 5.69 Å². The maximum Gasteiger partial charge on any atom is 0.351 e. The number of ether oxygens (including phenoxy) is 2. The summed E-state index contributed by atoms with van der Waals surface area (Å²) in [5.74, 6) is 1.06. The summed E-state index contributed by atoms with van der Waals surface area (Å²) < 4.78 is 30.1. The number of nitrogens with zero attached hydrogens (tertiary/aromatic N) is 6. The minimum atomic E-state index is -0.423. The largest absolute Gasteiger partial charge is 0.493 e. The molecule has 180 valence electrons. The maximum absolute atomic E-state index is 14.5. The Labute approximate surface area is 200 Å². The van der Waals surface area contributed by atoms with Gasteiger partial charge in [-0.05, 0) is 32.0 Å². The zero-order chi connectivity index (χ0) is 24.7. The fourth-order valence-corrected chi connectivity index (χ4v) is 4.31. The third kappa shape index (κ3) is 4.01. The molecular weight excluding hydrogens is 451 g/mol. The summed E-state index contributed by atoms with van der Waals surface area (Å²) >= 11 is 0. The molecule has 10 heteroatoms. The van der Waals surface area contributed by atoms with Gasteiger partial charge in [-0.3, -0.25) is 9.25 Å². The molecule has 3 heterocycles. The van der Waals surface area contributed by atoms with Crippen molar-refractivity contribution in [3.8, 4) is 11.5 Å². The number of benzene rings is 2. The van der Waals surface area contributed by atoms with Gasteiger partial charge in [0.1, 0.15) is 5.82 Å². The first kappa shape index (κ1) is 22.6. The lowest BCUT2D eigenvalue weighted by Gasteiger charge is -2.14. The molecule has 35 heavy (non-hydrogen) atoms. The van der Waals surface area contributed by atoms with Crippen molar-refractivity contribution in [2.24, 2.45) is 0 Å². The summed E-state index contributed by atoms with van der Waals surface area (Å²) in [7, 11) is 3.07. The first-order chi connectivity index (χ1) is 16.9. The van der Waals surface area contributed by atoms with Crippen molar-refractivity contribution in [2.75, 3.05) is 14.2 Å². The number of hydrogen-bond donors (Lipinski definition) is 0. The Morgan fingerprint density at radius 1 is 1.00 bits per heavy atom. The number of rotatable bonds is 7. The van der Waals surface area contributed by atoms with Crippen LogP contribution in [0.5, 0.6) is 11.5 Å². The second-order valence-electron chi connectivity index (χ2n) is 8.35. The van der Waals surface area contributed by atoms with Crippen LogP contribution in [0.1, 0.15) is 22.8 Å². The van der Waals surface area contributed by atoms with Gasteiger partial charge in [0.25, 0.3) is 0 Å². The minimum absolute atomic E-state index is 0.0222. The fourth-order valence-electron chi connectivity index (χ4n) is 4.31. The SMILES string of the molecule is COc1cc2c(cc1OC)n(Cc1ccccc1F)c(=O)n1nc(CCn3nc(C)cc3C)nc21. The van der Waals surface area contributed by atoms with Crippen molar-refractivity contribution in [2.45, 2.75) is 33.4 Å². The molecule has 0 saturated carbocycles. The highest BCUT2D eigenvalue weighted by atomic mass is 19.1. The van der Waals surface area contributed by atoms with Gasteiger partial charge in [-0.2, -0.15) is 9.61 Å². The molecule has 0 atom stereocenters. The van der Waals surface area contributed by atoms with Gasteiger partial charge in [-0.25, -0.2) is 14.2 Å². The van der Waals surface area contributed by atoms with Crippen LogP contribution >= 0.6 is 0 Å². The molecule has 5 aromatic rings. The van der Waals surface area contributed by atoms with Gasteiger partial charge in [0.2, 0.25) is 0 Å². The molecule has 0 unspecified atom stereocenters. The summed E-state index contributed by atoms with van der Waals surface area (Å²) in [4.78, 5) is 18.2. The third-order valence-corrected chi connectivity index (χ3v) is 6.03. The summed E-state index contributed by atoms with van der Waals surface area (Å²) in [6, 6.07) is 11.9. The second-order valence-corrected chi connectivity index (χ2v) is 8.35. The molecule has 3 aromatic heterocycles. The highest BCUT2D eigenvalue weighted by Crippen LogP contribution is 2.33. The Hall–Kier alpha value is -4.21. The van der Waals surface area contributed by atoms with Crippen LogP contribution in [0.3, 0.4) is 0 Å². The van der Waals surface area contributed by atoms with E-state index in [1.54, 1.807) is 37.4 Å². The molecule has 0 spiro atoms. The van der Waals surface area contributed by atoms with E-state index in [4.69, 9.17) is 9.47 Å². The van der Waals surface area contributed by atoms with Crippen LogP contribution in [0, 0.1) is 19.7 Å². The van der Waals surface area contributed by atoms with Gasteiger partial charge in [-0.15, -0.1) is 5.10 Å². The molecule has 0 fully saturated rings. The minimum Gasteiger partial charge on any atom is -0.493 e. The molecule has 0 aliphatic heterocycles. The van der Waals surface area contributed by atoms with E-state index in [1.807, 2.05) is 24.6 Å². The summed E-state index contributed by atoms with van der Waals surface area (Å²) in [5.41, 5.74) is 2.89. The fraction of sp³-hybridized carbons (Fsp3) is 0.280. The van der Waals surface area contributed by atoms with Gasteiger partial charge < -0.3 is 9.47 Å². The van der Waals surface area contributed by atoms with Crippen LogP contribution in [0.4, 0.5) is 4.39 Å². The van der Waals surface area contributed by atoms with E-state index in [2.05, 4.69) is 15.2 Å². The van der Waals surface area contributed by atoms with E-state index in [0.717, 1.165) is 11.4 Å². The van der Waals surface area contributed by atoms with Crippen LogP contribution in [0.2, 0.25) is 0 Å². The van der Waals surface area contributed by atoms with Gasteiger partial charge in [-0.1, -0.05) is 18.2 Å². The van der Waals surface area contributed by atoms with E-state index in [-0.39, 0.29) is 6.54 Å². The average molecular weight is 477 g/mol. The molecule has 0 bridgehead atoms. The van der Waals surface area contributed by atoms with E-state index in [0.29, 0.717) is 52.4 Å². The Morgan fingerprint density at radius 3 is 2.43 bits per heavy atom. The Morgan fingerprint density at radius 2 is 1.74 bits per heavy atom. The number of hydrogen-bond acceptors (Lipinski definition) is 6. The average Bonchev–Trinajstić information content (AvgIpc) is 3.43. The molecule has 9 nitrogen and oxygen atoms in total. The Kier molecular flexibility index (Phi) is 5.72. The molecule has 0 N–H and O–H groups in total. The van der Waals surface area contributed by atoms with Crippen molar-refractivity contribution >= 4 is 16.6 Å². The van der Waals surface area contributed by atoms with Gasteiger partial charge in [0.15, 0.2) is 23.0 Å². The van der Waals surface area contributed by atoms with Crippen molar-refractivity contribution in [3.05, 3.63) is 81.5 Å². The van der Waals surface area contributed by atoms with Crippen LogP contribution in [-0.2, 0) is 19.5 Å². The maximum atomic E-state index is 14.5. The molecule has 0 aliphatic carbocycles. The monoisotopic (exact) mass is 476 g/mol. The van der Waals surface area contributed by atoms with Crippen LogP contribution in [-0.4, -0.2) is 43.2 Å². The van der Waals surface area contributed by atoms with E-state index < -0.39 is 11.5 Å². The lowest BCUT2D eigenvalue weighted by Crippen LogP contribution is -2.28. The normalized spacial score (nSPS) is 11.5. The number of fused-ring (bicyclic) bond motifs is 3. The predicted molar refractivity (Wildman–Crippen MR) is 129 cm³/mol. The summed E-state index contributed by atoms with van der Waals surface area (Å²) in [6.45, 7) is 4.54. The third-order valence-electron chi connectivity index (χ3n) is 6.03. The zero-order valence-corrected chi connectivity index (χ0v) is 19.9. The lowest BCUT2D eigenvalue weighted by atomic mass is 10.1. The molecule has 5 rings (SSSR count). The molecule has 2 aromatic carbocycles. The second kappa shape index (κ2) is 8.86. The molecule has 0 saturated heterocycles. The number of halogens is 1. The van der Waals surface area contributed by atoms with Crippen molar-refractivity contribution < 1.29 is 13.9 Å². The van der Waals surface area contributed by atoms with E-state index >= 15 is 0 Å². The first-order valence-corrected chi connectivity index (χ1v) is 11.2. The Balaban J connectivity index is 1.68. The van der Waals surface area contributed by atoms with Crippen molar-refractivity contribution in [3.63, 3.8) is 0 Å². The molecular formula is C25H25FN6O3. The lowest BCUT2D eigenvalue weighted by molar-refractivity contribution is 0.355. The zero-order valence-electron chi connectivity index (χ0n) is 19.9. The molecule has 0 amide bonds. The quantitative estimate of drug-likeness (QED) is 0.358. The van der Waals surface area contributed by atoms with Crippen LogP contribution < -0.4 is 15.2 Å². The number of aryl methyl sites for hydroxylation is 4. The standard InChI is InChI=1S/C25H25FN6O3/c1-15-11-16(2)31(28-15)10-9-23-27-24-18-12-21(34-3)22(35-4)13-20(18)30(25(33)32(24)29-23)14-17-7-5-6-8-19(17)26/h5-8,11-13H,9-10,14H2,1-4H3. The highest BCUT2D eigenvalue weighted by molar-refractivity contribution is 5.94. The van der Waals surface area contributed by atoms with Crippen LogP contribution in [0.15, 0.2) is 47.3 Å². The van der Waals surface area contributed by atoms with Crippen LogP contribution in [0.25, 0.3) is 16.6 Å². The summed E-state index contributed by atoms with van der Waals surface area (Å²) in [5, 5.41) is 9.62. The Bertz CT molecular complexity index is 1620. The van der Waals surface area contributed by atoms with Crippen molar-refractivity contribution in [1.82, 2.24) is 28.9 Å². The number of aromatic nitrogens is 6. The first-order valence-electron chi connectivity index (χ1n) is 11.2. The van der Waals surface area contributed by atoms with E-state index in [9.17, 15) is 9.18 Å². The van der Waals surface area contributed by atoms with Gasteiger partial charge in [0.05, 0.1) is 32.0 Å². The topological polar surface area (TPSA) is 88.5 Å². The van der Waals surface area contributed by atoms with Gasteiger partial charge in [0, 0.05) is 35.7 Å². The predicted octanol–water partition coefficient (Wildman–Crippen LogP) is 3.30. The molecule has 0 aliphatic rings. The smallest absolute Gasteiger partial charge is 0.351 e. The summed E-state index contributed by atoms with van der Waals surface area (Å²) in [6.07, 6.45) is 0.491. The van der Waals surface area contributed by atoms with E-state index in [1.165, 1.54) is 22.3 Å². The number of methoxy groups -OCH3 is 2. The van der Waals surface area contributed by atoms with Crippen molar-refractivity contribution in [1.29, 1.82) is 0 Å². The highest BCUT2D eigenvalue weighted by Gasteiger charge is 2.19. The molecule has 0 radical (unpaired) electrons.